The van der Waals surface area contributed by atoms with Crippen molar-refractivity contribution >= 4 is 5.69 Å². The Balaban J connectivity index is 2.19. The maximum absolute atomic E-state index is 3.88. The average Bonchev–Trinajstić information content (AvgIpc) is 2.50. The van der Waals surface area contributed by atoms with Crippen molar-refractivity contribution in [2.75, 3.05) is 18.0 Å². The van der Waals surface area contributed by atoms with Crippen LogP contribution in [0.2, 0.25) is 0 Å². The normalized spacial score (nSPS) is 19.5. The van der Waals surface area contributed by atoms with E-state index in [-0.39, 0.29) is 0 Å². The number of para-hydroxylation sites is 1. The highest BCUT2D eigenvalue weighted by Crippen LogP contribution is 2.24. The first-order valence-electron chi connectivity index (χ1n) is 6.88. The Labute approximate surface area is 111 Å². The molecular weight excluding hydrogens is 220 g/mol. The van der Waals surface area contributed by atoms with E-state index in [1.807, 2.05) is 6.08 Å². The Morgan fingerprint density at radius 2 is 2.22 bits per heavy atom. The fourth-order valence-electron chi connectivity index (χ4n) is 2.71. The molecule has 0 spiro atoms. The third-order valence-corrected chi connectivity index (χ3v) is 3.46. The second-order valence-corrected chi connectivity index (χ2v) is 5.53. The first-order chi connectivity index (χ1) is 8.70. The molecule has 0 aliphatic carbocycles. The molecule has 2 heteroatoms. The molecule has 1 aliphatic heterocycles. The molecule has 0 fully saturated rings. The van der Waals surface area contributed by atoms with Crippen LogP contribution in [0.1, 0.15) is 25.8 Å². The molecule has 1 atom stereocenters. The average molecular weight is 244 g/mol. The summed E-state index contributed by atoms with van der Waals surface area (Å²) in [5, 5.41) is 3.68. The summed E-state index contributed by atoms with van der Waals surface area (Å²) >= 11 is 0. The van der Waals surface area contributed by atoms with Gasteiger partial charge in [0.05, 0.1) is 0 Å². The Morgan fingerprint density at radius 3 is 2.94 bits per heavy atom. The molecule has 0 aromatic heterocycles. The Morgan fingerprint density at radius 1 is 1.44 bits per heavy atom. The van der Waals surface area contributed by atoms with Gasteiger partial charge in [-0.15, -0.1) is 6.58 Å². The maximum atomic E-state index is 3.88. The van der Waals surface area contributed by atoms with Gasteiger partial charge in [0, 0.05) is 31.4 Å². The molecule has 98 valence electrons. The fraction of sp³-hybridized carbons (Fsp3) is 0.500. The largest absolute Gasteiger partial charge is 0.366 e. The van der Waals surface area contributed by atoms with Gasteiger partial charge in [0.15, 0.2) is 0 Å². The fourth-order valence-corrected chi connectivity index (χ4v) is 2.71. The lowest BCUT2D eigenvalue weighted by atomic mass is 10.0. The van der Waals surface area contributed by atoms with Crippen LogP contribution in [0.4, 0.5) is 5.69 Å². The molecule has 0 radical (unpaired) electrons. The SMILES string of the molecule is C=CCN1CC(CC(C)C)NCc2ccccc21. The van der Waals surface area contributed by atoms with Crippen molar-refractivity contribution in [2.45, 2.75) is 32.9 Å². The van der Waals surface area contributed by atoms with Gasteiger partial charge in [-0.3, -0.25) is 0 Å². The minimum Gasteiger partial charge on any atom is -0.366 e. The summed E-state index contributed by atoms with van der Waals surface area (Å²) < 4.78 is 0. The van der Waals surface area contributed by atoms with Gasteiger partial charge >= 0.3 is 0 Å². The van der Waals surface area contributed by atoms with E-state index in [1.54, 1.807) is 0 Å². The Kier molecular flexibility index (Phi) is 4.43. The minimum atomic E-state index is 0.567. The number of hydrogen-bond donors (Lipinski definition) is 1. The highest BCUT2D eigenvalue weighted by Gasteiger charge is 2.20. The van der Waals surface area contributed by atoms with E-state index >= 15 is 0 Å². The number of hydrogen-bond acceptors (Lipinski definition) is 2. The lowest BCUT2D eigenvalue weighted by Crippen LogP contribution is -2.39. The molecule has 1 unspecified atom stereocenters. The molecule has 18 heavy (non-hydrogen) atoms. The second-order valence-electron chi connectivity index (χ2n) is 5.53. The van der Waals surface area contributed by atoms with Crippen LogP contribution < -0.4 is 10.2 Å². The summed E-state index contributed by atoms with van der Waals surface area (Å²) in [6, 6.07) is 9.25. The maximum Gasteiger partial charge on any atom is 0.0415 e. The number of fused-ring (bicyclic) bond motifs is 1. The zero-order valence-electron chi connectivity index (χ0n) is 11.5. The smallest absolute Gasteiger partial charge is 0.0415 e. The number of nitrogens with zero attached hydrogens (tertiary/aromatic N) is 1. The quantitative estimate of drug-likeness (QED) is 0.818. The molecule has 0 saturated carbocycles. The van der Waals surface area contributed by atoms with Gasteiger partial charge in [-0.2, -0.15) is 0 Å². The molecule has 1 aromatic carbocycles. The van der Waals surface area contributed by atoms with Gasteiger partial charge in [0.1, 0.15) is 0 Å². The molecule has 1 aliphatic rings. The van der Waals surface area contributed by atoms with Crippen LogP contribution in [0.3, 0.4) is 0 Å². The van der Waals surface area contributed by atoms with E-state index in [2.05, 4.69) is 54.9 Å². The minimum absolute atomic E-state index is 0.567. The molecular formula is C16H24N2. The van der Waals surface area contributed by atoms with Gasteiger partial charge < -0.3 is 10.2 Å². The summed E-state index contributed by atoms with van der Waals surface area (Å²) in [5.41, 5.74) is 2.75. The van der Waals surface area contributed by atoms with Crippen molar-refractivity contribution in [2.24, 2.45) is 5.92 Å². The Hall–Kier alpha value is -1.28. The van der Waals surface area contributed by atoms with Gasteiger partial charge in [-0.25, -0.2) is 0 Å². The van der Waals surface area contributed by atoms with Gasteiger partial charge in [0.25, 0.3) is 0 Å². The van der Waals surface area contributed by atoms with E-state index < -0.39 is 0 Å². The van der Waals surface area contributed by atoms with Gasteiger partial charge in [-0.1, -0.05) is 38.1 Å². The van der Waals surface area contributed by atoms with Crippen LogP contribution in [0.15, 0.2) is 36.9 Å². The van der Waals surface area contributed by atoms with E-state index in [0.29, 0.717) is 6.04 Å². The van der Waals surface area contributed by atoms with Gasteiger partial charge in [-0.05, 0) is 24.0 Å². The van der Waals surface area contributed by atoms with Crippen molar-refractivity contribution in [3.63, 3.8) is 0 Å². The van der Waals surface area contributed by atoms with Gasteiger partial charge in [0.2, 0.25) is 0 Å². The summed E-state index contributed by atoms with van der Waals surface area (Å²) in [6.45, 7) is 11.4. The molecule has 1 aromatic rings. The summed E-state index contributed by atoms with van der Waals surface area (Å²) in [5.74, 6) is 0.731. The molecule has 0 amide bonds. The van der Waals surface area contributed by atoms with Crippen molar-refractivity contribution in [1.29, 1.82) is 0 Å². The van der Waals surface area contributed by atoms with Crippen LogP contribution in [0, 0.1) is 5.92 Å². The summed E-state index contributed by atoms with van der Waals surface area (Å²) in [7, 11) is 0. The summed E-state index contributed by atoms with van der Waals surface area (Å²) in [6.07, 6.45) is 3.22. The van der Waals surface area contributed by atoms with E-state index in [9.17, 15) is 0 Å². The van der Waals surface area contributed by atoms with Crippen molar-refractivity contribution in [3.05, 3.63) is 42.5 Å². The van der Waals surface area contributed by atoms with Crippen LogP contribution in [0.5, 0.6) is 0 Å². The molecule has 0 bridgehead atoms. The number of benzene rings is 1. The van der Waals surface area contributed by atoms with Crippen LogP contribution in [0.25, 0.3) is 0 Å². The number of nitrogens with one attached hydrogen (secondary N) is 1. The number of rotatable bonds is 4. The van der Waals surface area contributed by atoms with Crippen molar-refractivity contribution < 1.29 is 0 Å². The van der Waals surface area contributed by atoms with Crippen LogP contribution in [-0.4, -0.2) is 19.1 Å². The van der Waals surface area contributed by atoms with Crippen LogP contribution in [-0.2, 0) is 6.54 Å². The zero-order valence-corrected chi connectivity index (χ0v) is 11.5. The predicted molar refractivity (Wildman–Crippen MR) is 78.9 cm³/mol. The molecule has 2 rings (SSSR count). The lowest BCUT2D eigenvalue weighted by Gasteiger charge is -2.27. The van der Waals surface area contributed by atoms with Crippen molar-refractivity contribution in [1.82, 2.24) is 5.32 Å². The standard InChI is InChI=1S/C16H24N2/c1-4-9-18-12-15(10-13(2)3)17-11-14-7-5-6-8-16(14)18/h4-8,13,15,17H,1,9-12H2,2-3H3. The van der Waals surface area contributed by atoms with E-state index in [4.69, 9.17) is 0 Å². The zero-order chi connectivity index (χ0) is 13.0. The monoisotopic (exact) mass is 244 g/mol. The Bertz CT molecular complexity index is 398. The van der Waals surface area contributed by atoms with Crippen molar-refractivity contribution in [3.8, 4) is 0 Å². The molecule has 0 saturated heterocycles. The predicted octanol–water partition coefficient (Wildman–Crippen LogP) is 3.20. The third-order valence-electron chi connectivity index (χ3n) is 3.46. The number of anilines is 1. The lowest BCUT2D eigenvalue weighted by molar-refractivity contribution is 0.424. The van der Waals surface area contributed by atoms with Crippen LogP contribution >= 0.6 is 0 Å². The highest BCUT2D eigenvalue weighted by molar-refractivity contribution is 5.55. The first-order valence-corrected chi connectivity index (χ1v) is 6.88. The highest BCUT2D eigenvalue weighted by atomic mass is 15.2. The first kappa shape index (κ1) is 13.2. The summed E-state index contributed by atoms with van der Waals surface area (Å²) in [4.78, 5) is 2.44. The second kappa shape index (κ2) is 6.05. The third kappa shape index (κ3) is 3.14. The molecule has 1 heterocycles. The van der Waals surface area contributed by atoms with E-state index in [1.165, 1.54) is 17.7 Å². The molecule has 2 nitrogen and oxygen atoms in total. The topological polar surface area (TPSA) is 15.3 Å². The van der Waals surface area contributed by atoms with E-state index in [0.717, 1.165) is 25.6 Å². The molecule has 1 N–H and O–H groups in total.